The molecule has 0 fully saturated rings. The summed E-state index contributed by atoms with van der Waals surface area (Å²) in [6.45, 7) is 1.69. The van der Waals surface area contributed by atoms with Gasteiger partial charge in [0, 0.05) is 18.3 Å². The van der Waals surface area contributed by atoms with Crippen LogP contribution in [0.5, 0.6) is 0 Å². The van der Waals surface area contributed by atoms with E-state index in [0.29, 0.717) is 5.56 Å². The van der Waals surface area contributed by atoms with E-state index in [1.807, 2.05) is 0 Å². The van der Waals surface area contributed by atoms with Gasteiger partial charge in [-0.3, -0.25) is 0 Å². The fourth-order valence-electron chi connectivity index (χ4n) is 1.16. The van der Waals surface area contributed by atoms with Gasteiger partial charge < -0.3 is 5.32 Å². The first-order chi connectivity index (χ1) is 5.66. The average Bonchev–Trinajstić information content (AvgIpc) is 2.04. The first-order valence-corrected chi connectivity index (χ1v) is 3.72. The number of hydrogen-bond acceptors (Lipinski definition) is 1. The van der Waals surface area contributed by atoms with E-state index in [0.717, 1.165) is 5.69 Å². The van der Waals surface area contributed by atoms with E-state index in [9.17, 15) is 8.78 Å². The van der Waals surface area contributed by atoms with E-state index < -0.39 is 6.43 Å². The fraction of sp³-hybridized carbons (Fsp3) is 0.333. The largest absolute Gasteiger partial charge is 0.388 e. The zero-order valence-corrected chi connectivity index (χ0v) is 7.07. The van der Waals surface area contributed by atoms with Crippen LogP contribution in [0.2, 0.25) is 0 Å². The van der Waals surface area contributed by atoms with Crippen LogP contribution in [0, 0.1) is 6.92 Å². The standard InChI is InChI=1S/C9H11F2N/c1-6-7(9(10)11)4-3-5-8(6)12-2/h3-5,9,12H,1-2H3. The van der Waals surface area contributed by atoms with Gasteiger partial charge in [0.15, 0.2) is 0 Å². The second-order valence-corrected chi connectivity index (χ2v) is 2.57. The van der Waals surface area contributed by atoms with E-state index in [4.69, 9.17) is 0 Å². The van der Waals surface area contributed by atoms with Crippen molar-refractivity contribution >= 4 is 5.69 Å². The highest BCUT2D eigenvalue weighted by Gasteiger charge is 2.11. The maximum absolute atomic E-state index is 12.3. The number of alkyl halides is 2. The molecule has 0 saturated heterocycles. The van der Waals surface area contributed by atoms with Crippen molar-refractivity contribution in [1.29, 1.82) is 0 Å². The third kappa shape index (κ3) is 1.55. The van der Waals surface area contributed by atoms with Gasteiger partial charge >= 0.3 is 0 Å². The van der Waals surface area contributed by atoms with Crippen LogP contribution < -0.4 is 5.32 Å². The lowest BCUT2D eigenvalue weighted by Gasteiger charge is -2.09. The molecule has 1 aromatic carbocycles. The molecule has 0 spiro atoms. The summed E-state index contributed by atoms with van der Waals surface area (Å²) < 4.78 is 24.6. The number of hydrogen-bond donors (Lipinski definition) is 1. The smallest absolute Gasteiger partial charge is 0.264 e. The zero-order valence-electron chi connectivity index (χ0n) is 7.07. The lowest BCUT2D eigenvalue weighted by atomic mass is 10.1. The number of benzene rings is 1. The minimum absolute atomic E-state index is 0.0989. The van der Waals surface area contributed by atoms with Gasteiger partial charge in [-0.15, -0.1) is 0 Å². The van der Waals surface area contributed by atoms with Crippen molar-refractivity contribution in [3.63, 3.8) is 0 Å². The summed E-state index contributed by atoms with van der Waals surface area (Å²) in [6, 6.07) is 4.85. The molecule has 0 aliphatic heterocycles. The van der Waals surface area contributed by atoms with E-state index in [-0.39, 0.29) is 5.56 Å². The van der Waals surface area contributed by atoms with Crippen molar-refractivity contribution in [2.45, 2.75) is 13.3 Å². The van der Waals surface area contributed by atoms with Crippen molar-refractivity contribution in [2.24, 2.45) is 0 Å². The van der Waals surface area contributed by atoms with Crippen LogP contribution in [-0.4, -0.2) is 7.05 Å². The summed E-state index contributed by atoms with van der Waals surface area (Å²) in [6.07, 6.45) is -2.39. The SMILES string of the molecule is CNc1cccc(C(F)F)c1C. The van der Waals surface area contributed by atoms with Gasteiger partial charge in [-0.2, -0.15) is 0 Å². The zero-order chi connectivity index (χ0) is 9.14. The summed E-state index contributed by atoms with van der Waals surface area (Å²) in [5.41, 5.74) is 1.48. The van der Waals surface area contributed by atoms with Crippen LogP contribution >= 0.6 is 0 Å². The minimum atomic E-state index is -2.39. The Morgan fingerprint density at radius 2 is 2.00 bits per heavy atom. The van der Waals surface area contributed by atoms with Crippen molar-refractivity contribution in [1.82, 2.24) is 0 Å². The lowest BCUT2D eigenvalue weighted by molar-refractivity contribution is 0.150. The molecule has 0 aliphatic carbocycles. The van der Waals surface area contributed by atoms with Crippen molar-refractivity contribution in [2.75, 3.05) is 12.4 Å². The molecule has 1 nitrogen and oxygen atoms in total. The molecule has 1 rings (SSSR count). The Labute approximate surface area is 70.4 Å². The normalized spacial score (nSPS) is 10.4. The van der Waals surface area contributed by atoms with Crippen LogP contribution in [0.25, 0.3) is 0 Å². The summed E-state index contributed by atoms with van der Waals surface area (Å²) in [5, 5.41) is 2.86. The molecule has 0 radical (unpaired) electrons. The molecule has 12 heavy (non-hydrogen) atoms. The average molecular weight is 171 g/mol. The molecular formula is C9H11F2N. The highest BCUT2D eigenvalue weighted by molar-refractivity contribution is 5.53. The third-order valence-corrected chi connectivity index (χ3v) is 1.88. The van der Waals surface area contributed by atoms with Gasteiger partial charge in [0.05, 0.1) is 0 Å². The van der Waals surface area contributed by atoms with Gasteiger partial charge in [-0.05, 0) is 18.6 Å². The highest BCUT2D eigenvalue weighted by Crippen LogP contribution is 2.26. The minimum Gasteiger partial charge on any atom is -0.388 e. The number of nitrogens with one attached hydrogen (secondary N) is 1. The third-order valence-electron chi connectivity index (χ3n) is 1.88. The summed E-state index contributed by atoms with van der Waals surface area (Å²) >= 11 is 0. The van der Waals surface area contributed by atoms with Crippen LogP contribution in [0.15, 0.2) is 18.2 Å². The van der Waals surface area contributed by atoms with Gasteiger partial charge in [0.25, 0.3) is 6.43 Å². The molecule has 0 bridgehead atoms. The molecule has 0 atom stereocenters. The predicted octanol–water partition coefficient (Wildman–Crippen LogP) is 2.97. The molecule has 0 aromatic heterocycles. The predicted molar refractivity (Wildman–Crippen MR) is 45.7 cm³/mol. The first kappa shape index (κ1) is 8.97. The van der Waals surface area contributed by atoms with Gasteiger partial charge in [-0.1, -0.05) is 12.1 Å². The maximum Gasteiger partial charge on any atom is 0.264 e. The van der Waals surface area contributed by atoms with Crippen LogP contribution in [0.4, 0.5) is 14.5 Å². The molecule has 1 N–H and O–H groups in total. The summed E-state index contributed by atoms with van der Waals surface area (Å²) in [5.74, 6) is 0. The Hall–Kier alpha value is -1.12. The second kappa shape index (κ2) is 3.52. The van der Waals surface area contributed by atoms with Crippen molar-refractivity contribution in [3.05, 3.63) is 29.3 Å². The van der Waals surface area contributed by atoms with E-state index in [1.54, 1.807) is 26.1 Å². The molecule has 1 aromatic rings. The number of halogens is 2. The van der Waals surface area contributed by atoms with Gasteiger partial charge in [0.1, 0.15) is 0 Å². The van der Waals surface area contributed by atoms with E-state index in [1.165, 1.54) is 6.07 Å². The molecule has 0 heterocycles. The maximum atomic E-state index is 12.3. The van der Waals surface area contributed by atoms with Crippen molar-refractivity contribution < 1.29 is 8.78 Å². The first-order valence-electron chi connectivity index (χ1n) is 3.72. The molecule has 0 saturated carbocycles. The van der Waals surface area contributed by atoms with E-state index in [2.05, 4.69) is 5.32 Å². The van der Waals surface area contributed by atoms with E-state index >= 15 is 0 Å². The lowest BCUT2D eigenvalue weighted by Crippen LogP contribution is -1.96. The van der Waals surface area contributed by atoms with Gasteiger partial charge in [-0.25, -0.2) is 8.78 Å². The van der Waals surface area contributed by atoms with Crippen LogP contribution in [0.3, 0.4) is 0 Å². The second-order valence-electron chi connectivity index (χ2n) is 2.57. The Balaban J connectivity index is 3.14. The Morgan fingerprint density at radius 3 is 2.50 bits per heavy atom. The Bertz CT molecular complexity index is 271. The summed E-state index contributed by atoms with van der Waals surface area (Å²) in [4.78, 5) is 0. The molecule has 0 amide bonds. The van der Waals surface area contributed by atoms with Crippen LogP contribution in [-0.2, 0) is 0 Å². The monoisotopic (exact) mass is 171 g/mol. The molecule has 66 valence electrons. The number of anilines is 1. The van der Waals surface area contributed by atoms with Gasteiger partial charge in [0.2, 0.25) is 0 Å². The van der Waals surface area contributed by atoms with Crippen LogP contribution in [0.1, 0.15) is 17.6 Å². The quantitative estimate of drug-likeness (QED) is 0.721. The number of rotatable bonds is 2. The molecule has 3 heteroatoms. The van der Waals surface area contributed by atoms with Crippen molar-refractivity contribution in [3.8, 4) is 0 Å². The fourth-order valence-corrected chi connectivity index (χ4v) is 1.16. The topological polar surface area (TPSA) is 12.0 Å². The Kier molecular flexibility index (Phi) is 2.63. The molecule has 0 unspecified atom stereocenters. The molecular weight excluding hydrogens is 160 g/mol. The molecule has 0 aliphatic rings. The Morgan fingerprint density at radius 1 is 1.33 bits per heavy atom. The highest BCUT2D eigenvalue weighted by atomic mass is 19.3. The summed E-state index contributed by atoms with van der Waals surface area (Å²) in [7, 11) is 1.72.